The molecule has 128 valence electrons. The number of aromatic nitrogens is 2. The molecule has 3 aromatic rings. The summed E-state index contributed by atoms with van der Waals surface area (Å²) in [5, 5.41) is 7.77. The fourth-order valence-corrected chi connectivity index (χ4v) is 3.06. The van der Waals surface area contributed by atoms with Gasteiger partial charge in [0.2, 0.25) is 0 Å². The van der Waals surface area contributed by atoms with Gasteiger partial charge in [-0.05, 0) is 43.3 Å². The van der Waals surface area contributed by atoms with Crippen molar-refractivity contribution in [2.75, 3.05) is 11.6 Å². The molecule has 0 bridgehead atoms. The van der Waals surface area contributed by atoms with Crippen molar-refractivity contribution < 1.29 is 9.00 Å². The van der Waals surface area contributed by atoms with Gasteiger partial charge >= 0.3 is 0 Å². The molecule has 7 heteroatoms. The van der Waals surface area contributed by atoms with E-state index in [4.69, 9.17) is 11.6 Å². The van der Waals surface area contributed by atoms with Gasteiger partial charge in [-0.25, -0.2) is 4.68 Å². The molecule has 1 heterocycles. The molecule has 0 saturated heterocycles. The topological polar surface area (TPSA) is 64.0 Å². The molecule has 1 aromatic heterocycles. The number of carbonyl (C=O) groups excluding carboxylic acids is 1. The Morgan fingerprint density at radius 3 is 2.48 bits per heavy atom. The second-order valence-electron chi connectivity index (χ2n) is 5.49. The Labute approximate surface area is 153 Å². The summed E-state index contributed by atoms with van der Waals surface area (Å²) < 4.78 is 13.0. The summed E-state index contributed by atoms with van der Waals surface area (Å²) in [6, 6.07) is 14.0. The molecule has 2 aromatic carbocycles. The molecule has 5 nitrogen and oxygen atoms in total. The molecule has 0 aliphatic carbocycles. The monoisotopic (exact) mass is 373 g/mol. The van der Waals surface area contributed by atoms with Crippen LogP contribution in [-0.4, -0.2) is 26.2 Å². The Balaban J connectivity index is 1.82. The number of carbonyl (C=O) groups is 1. The summed E-state index contributed by atoms with van der Waals surface area (Å²) >= 11 is 6.19. The van der Waals surface area contributed by atoms with Crippen molar-refractivity contribution >= 4 is 34.1 Å². The molecule has 25 heavy (non-hydrogen) atoms. The van der Waals surface area contributed by atoms with E-state index in [9.17, 15) is 9.00 Å². The van der Waals surface area contributed by atoms with Gasteiger partial charge in [0.25, 0.3) is 5.91 Å². The van der Waals surface area contributed by atoms with Gasteiger partial charge in [-0.1, -0.05) is 23.7 Å². The fraction of sp³-hybridized carbons (Fsp3) is 0.111. The maximum atomic E-state index is 12.4. The van der Waals surface area contributed by atoms with E-state index in [0.717, 1.165) is 11.3 Å². The van der Waals surface area contributed by atoms with Gasteiger partial charge in [-0.3, -0.25) is 9.00 Å². The zero-order chi connectivity index (χ0) is 18.0. The average Bonchev–Trinajstić information content (AvgIpc) is 2.95. The summed E-state index contributed by atoms with van der Waals surface area (Å²) in [7, 11) is -1.07. The summed E-state index contributed by atoms with van der Waals surface area (Å²) in [5.41, 5.74) is 2.03. The highest BCUT2D eigenvalue weighted by molar-refractivity contribution is 7.84. The maximum Gasteiger partial charge on any atom is 0.256 e. The van der Waals surface area contributed by atoms with Crippen molar-refractivity contribution in [1.29, 1.82) is 0 Å². The van der Waals surface area contributed by atoms with Crippen molar-refractivity contribution in [3.05, 3.63) is 70.9 Å². The minimum Gasteiger partial charge on any atom is -0.305 e. The van der Waals surface area contributed by atoms with Crippen LogP contribution in [0.3, 0.4) is 0 Å². The van der Waals surface area contributed by atoms with Crippen molar-refractivity contribution in [2.45, 2.75) is 11.8 Å². The molecule has 0 spiro atoms. The second-order valence-corrected chi connectivity index (χ2v) is 7.28. The lowest BCUT2D eigenvalue weighted by atomic mass is 10.2. The van der Waals surface area contributed by atoms with Gasteiger partial charge < -0.3 is 5.32 Å². The number of aryl methyl sites for hydroxylation is 1. The number of anilines is 1. The predicted octanol–water partition coefficient (Wildman–Crippen LogP) is 3.82. The molecule has 0 aliphatic rings. The van der Waals surface area contributed by atoms with Gasteiger partial charge in [-0.15, -0.1) is 5.10 Å². The van der Waals surface area contributed by atoms with E-state index < -0.39 is 10.8 Å². The van der Waals surface area contributed by atoms with Crippen LogP contribution in [0, 0.1) is 6.92 Å². The van der Waals surface area contributed by atoms with Crippen molar-refractivity contribution in [2.24, 2.45) is 0 Å². The van der Waals surface area contributed by atoms with Gasteiger partial charge in [0, 0.05) is 39.3 Å². The summed E-state index contributed by atoms with van der Waals surface area (Å²) in [4.78, 5) is 13.1. The molecule has 0 radical (unpaired) electrons. The normalized spacial score (nSPS) is 12.0. The van der Waals surface area contributed by atoms with Crippen LogP contribution in [0.2, 0.25) is 5.02 Å². The first-order valence-corrected chi connectivity index (χ1v) is 9.45. The van der Waals surface area contributed by atoms with E-state index in [0.29, 0.717) is 21.3 Å². The molecule has 1 amide bonds. The first-order valence-electron chi connectivity index (χ1n) is 7.51. The first-order chi connectivity index (χ1) is 12.0. The summed E-state index contributed by atoms with van der Waals surface area (Å²) in [5.74, 6) is 0.189. The zero-order valence-electron chi connectivity index (χ0n) is 13.7. The van der Waals surface area contributed by atoms with Gasteiger partial charge in [0.15, 0.2) is 5.82 Å². The molecule has 0 saturated carbocycles. The standard InChI is InChI=1S/C18H16ClN3O2S/c1-12-11-22(16-6-4-3-5-15(16)19)21-17(12)20-18(23)13-7-9-14(10-8-13)25(2)24/h3-11H,1-2H3,(H,20,21,23). The summed E-state index contributed by atoms with van der Waals surface area (Å²) in [6.07, 6.45) is 3.40. The Bertz CT molecular complexity index is 951. The van der Waals surface area contributed by atoms with Gasteiger partial charge in [0.1, 0.15) is 0 Å². The number of hydrogen-bond acceptors (Lipinski definition) is 3. The Hall–Kier alpha value is -2.44. The van der Waals surface area contributed by atoms with Crippen LogP contribution >= 0.6 is 11.6 Å². The molecular weight excluding hydrogens is 358 g/mol. The van der Waals surface area contributed by atoms with E-state index in [1.807, 2.05) is 25.1 Å². The van der Waals surface area contributed by atoms with Crippen LogP contribution in [0.25, 0.3) is 5.69 Å². The second kappa shape index (κ2) is 7.21. The highest BCUT2D eigenvalue weighted by Gasteiger charge is 2.13. The number of nitrogens with zero attached hydrogens (tertiary/aromatic N) is 2. The van der Waals surface area contributed by atoms with Gasteiger partial charge in [-0.2, -0.15) is 0 Å². The van der Waals surface area contributed by atoms with Crippen LogP contribution in [0.15, 0.2) is 59.6 Å². The first kappa shape index (κ1) is 17.4. The van der Waals surface area contributed by atoms with Crippen molar-refractivity contribution in [1.82, 2.24) is 9.78 Å². The van der Waals surface area contributed by atoms with E-state index >= 15 is 0 Å². The number of nitrogens with one attached hydrogen (secondary N) is 1. The minimum atomic E-state index is -1.07. The van der Waals surface area contributed by atoms with Crippen LogP contribution in [0.5, 0.6) is 0 Å². The van der Waals surface area contributed by atoms with E-state index in [1.54, 1.807) is 47.5 Å². The lowest BCUT2D eigenvalue weighted by Crippen LogP contribution is -2.13. The van der Waals surface area contributed by atoms with Crippen LogP contribution < -0.4 is 5.32 Å². The smallest absolute Gasteiger partial charge is 0.256 e. The number of benzene rings is 2. The molecule has 0 fully saturated rings. The fourth-order valence-electron chi connectivity index (χ4n) is 2.32. The third-order valence-electron chi connectivity index (χ3n) is 3.68. The number of hydrogen-bond donors (Lipinski definition) is 1. The molecule has 1 atom stereocenters. The molecule has 1 N–H and O–H groups in total. The minimum absolute atomic E-state index is 0.277. The Kier molecular flexibility index (Phi) is 5.01. The largest absolute Gasteiger partial charge is 0.305 e. The van der Waals surface area contributed by atoms with Crippen LogP contribution in [-0.2, 0) is 10.8 Å². The number of halogens is 1. The third-order valence-corrected chi connectivity index (χ3v) is 4.93. The maximum absolute atomic E-state index is 12.4. The zero-order valence-corrected chi connectivity index (χ0v) is 15.3. The highest BCUT2D eigenvalue weighted by Crippen LogP contribution is 2.22. The predicted molar refractivity (Wildman–Crippen MR) is 100 cm³/mol. The van der Waals surface area contributed by atoms with Gasteiger partial charge in [0.05, 0.1) is 10.7 Å². The van der Waals surface area contributed by atoms with Crippen molar-refractivity contribution in [3.8, 4) is 5.69 Å². The quantitative estimate of drug-likeness (QED) is 0.756. The molecule has 1 unspecified atom stereocenters. The van der Waals surface area contributed by atoms with E-state index in [-0.39, 0.29) is 5.91 Å². The Morgan fingerprint density at radius 2 is 1.84 bits per heavy atom. The van der Waals surface area contributed by atoms with E-state index in [1.165, 1.54) is 0 Å². The Morgan fingerprint density at radius 1 is 1.16 bits per heavy atom. The third kappa shape index (κ3) is 3.81. The number of amides is 1. The highest BCUT2D eigenvalue weighted by atomic mass is 35.5. The van der Waals surface area contributed by atoms with Crippen molar-refractivity contribution in [3.63, 3.8) is 0 Å². The lowest BCUT2D eigenvalue weighted by Gasteiger charge is -2.05. The molecular formula is C18H16ClN3O2S. The average molecular weight is 374 g/mol. The molecule has 3 rings (SSSR count). The lowest BCUT2D eigenvalue weighted by molar-refractivity contribution is 0.102. The number of rotatable bonds is 4. The SMILES string of the molecule is Cc1cn(-c2ccccc2Cl)nc1NC(=O)c1ccc(S(C)=O)cc1. The number of para-hydroxylation sites is 1. The van der Waals surface area contributed by atoms with Crippen LogP contribution in [0.4, 0.5) is 5.82 Å². The molecule has 0 aliphatic heterocycles. The van der Waals surface area contributed by atoms with E-state index in [2.05, 4.69) is 10.4 Å². The van der Waals surface area contributed by atoms with Crippen LogP contribution in [0.1, 0.15) is 15.9 Å². The summed E-state index contributed by atoms with van der Waals surface area (Å²) in [6.45, 7) is 1.86.